The highest BCUT2D eigenvalue weighted by Gasteiger charge is 2.15. The first kappa shape index (κ1) is 14.0. The van der Waals surface area contributed by atoms with E-state index in [9.17, 15) is 4.79 Å². The number of pyridine rings is 1. The lowest BCUT2D eigenvalue weighted by atomic mass is 9.95. The molecule has 0 radical (unpaired) electrons. The van der Waals surface area contributed by atoms with Gasteiger partial charge >= 0.3 is 0 Å². The van der Waals surface area contributed by atoms with Gasteiger partial charge in [-0.05, 0) is 35.4 Å². The fourth-order valence-corrected chi connectivity index (χ4v) is 2.34. The third kappa shape index (κ3) is 2.74. The van der Waals surface area contributed by atoms with Crippen LogP contribution < -0.4 is 4.74 Å². The van der Waals surface area contributed by atoms with Crippen molar-refractivity contribution in [3.05, 3.63) is 84.2 Å². The van der Waals surface area contributed by atoms with Crippen LogP contribution in [0.5, 0.6) is 5.75 Å². The highest BCUT2D eigenvalue weighted by Crippen LogP contribution is 2.27. The number of benzene rings is 2. The van der Waals surface area contributed by atoms with E-state index in [2.05, 4.69) is 4.98 Å². The molecular weight excluding hydrogens is 274 g/mol. The molecule has 0 atom stereocenters. The maximum Gasteiger partial charge on any atom is 0.211 e. The number of aromatic nitrogens is 1. The summed E-state index contributed by atoms with van der Waals surface area (Å²) in [6.45, 7) is 0. The number of carbonyl (C=O) groups is 1. The average Bonchev–Trinajstić information content (AvgIpc) is 2.62. The molecule has 0 fully saturated rings. The highest BCUT2D eigenvalue weighted by atomic mass is 16.5. The molecule has 0 aliphatic carbocycles. The molecule has 108 valence electrons. The van der Waals surface area contributed by atoms with Gasteiger partial charge in [0, 0.05) is 11.8 Å². The molecule has 0 saturated heterocycles. The molecule has 0 saturated carbocycles. The maximum atomic E-state index is 12.7. The van der Waals surface area contributed by atoms with Crippen LogP contribution in [0.4, 0.5) is 0 Å². The molecule has 1 heterocycles. The molecule has 0 N–H and O–H groups in total. The Bertz CT molecular complexity index is 780. The third-order valence-corrected chi connectivity index (χ3v) is 3.47. The van der Waals surface area contributed by atoms with Crippen molar-refractivity contribution in [1.29, 1.82) is 0 Å². The van der Waals surface area contributed by atoms with Gasteiger partial charge in [0.15, 0.2) is 0 Å². The largest absolute Gasteiger partial charge is 0.497 e. The predicted octanol–water partition coefficient (Wildman–Crippen LogP) is 3.99. The molecule has 22 heavy (non-hydrogen) atoms. The van der Waals surface area contributed by atoms with E-state index in [-0.39, 0.29) is 5.78 Å². The molecule has 0 aliphatic heterocycles. The van der Waals surface area contributed by atoms with Gasteiger partial charge in [0.25, 0.3) is 0 Å². The van der Waals surface area contributed by atoms with Crippen molar-refractivity contribution >= 4 is 5.78 Å². The first-order chi connectivity index (χ1) is 10.8. The van der Waals surface area contributed by atoms with Gasteiger partial charge in [-0.3, -0.25) is 9.78 Å². The number of nitrogens with zero attached hydrogens (tertiary/aromatic N) is 1. The molecule has 3 aromatic rings. The van der Waals surface area contributed by atoms with Crippen LogP contribution in [0.15, 0.2) is 72.9 Å². The van der Waals surface area contributed by atoms with Crippen LogP contribution in [0.1, 0.15) is 16.1 Å². The van der Waals surface area contributed by atoms with E-state index in [4.69, 9.17) is 4.74 Å². The van der Waals surface area contributed by atoms with E-state index < -0.39 is 0 Å². The Labute approximate surface area is 129 Å². The Kier molecular flexibility index (Phi) is 3.97. The van der Waals surface area contributed by atoms with Crippen LogP contribution in [0.25, 0.3) is 11.1 Å². The van der Waals surface area contributed by atoms with E-state index in [0.717, 1.165) is 16.9 Å². The fraction of sp³-hybridized carbons (Fsp3) is 0.0526. The average molecular weight is 289 g/mol. The van der Waals surface area contributed by atoms with Gasteiger partial charge < -0.3 is 4.74 Å². The summed E-state index contributed by atoms with van der Waals surface area (Å²) in [7, 11) is 1.63. The van der Waals surface area contributed by atoms with E-state index in [1.54, 1.807) is 25.4 Å². The SMILES string of the molecule is COc1ccc(-c2ccccc2C(=O)c2ccccn2)cc1. The van der Waals surface area contributed by atoms with Crippen LogP contribution >= 0.6 is 0 Å². The number of ketones is 1. The predicted molar refractivity (Wildman–Crippen MR) is 86.1 cm³/mol. The monoisotopic (exact) mass is 289 g/mol. The maximum absolute atomic E-state index is 12.7. The van der Waals surface area contributed by atoms with Crippen molar-refractivity contribution < 1.29 is 9.53 Å². The Hall–Kier alpha value is -2.94. The smallest absolute Gasteiger partial charge is 0.211 e. The van der Waals surface area contributed by atoms with Crippen molar-refractivity contribution in [3.8, 4) is 16.9 Å². The third-order valence-electron chi connectivity index (χ3n) is 3.47. The van der Waals surface area contributed by atoms with E-state index in [1.807, 2.05) is 54.6 Å². The van der Waals surface area contributed by atoms with Gasteiger partial charge in [0.2, 0.25) is 5.78 Å². The lowest BCUT2D eigenvalue weighted by molar-refractivity contribution is 0.103. The fourth-order valence-electron chi connectivity index (χ4n) is 2.34. The molecule has 2 aromatic carbocycles. The van der Waals surface area contributed by atoms with Crippen molar-refractivity contribution in [3.63, 3.8) is 0 Å². The Morgan fingerprint density at radius 1 is 0.909 bits per heavy atom. The molecule has 0 bridgehead atoms. The lowest BCUT2D eigenvalue weighted by Gasteiger charge is -2.09. The van der Waals surface area contributed by atoms with Crippen LogP contribution in [-0.4, -0.2) is 17.9 Å². The van der Waals surface area contributed by atoms with Crippen LogP contribution in [0.2, 0.25) is 0 Å². The van der Waals surface area contributed by atoms with Crippen LogP contribution in [0.3, 0.4) is 0 Å². The van der Waals surface area contributed by atoms with Crippen molar-refractivity contribution in [1.82, 2.24) is 4.98 Å². The normalized spacial score (nSPS) is 10.2. The van der Waals surface area contributed by atoms with E-state index in [0.29, 0.717) is 11.3 Å². The van der Waals surface area contributed by atoms with Crippen molar-refractivity contribution in [2.24, 2.45) is 0 Å². The minimum atomic E-state index is -0.0768. The van der Waals surface area contributed by atoms with Gasteiger partial charge in [-0.15, -0.1) is 0 Å². The van der Waals surface area contributed by atoms with Crippen molar-refractivity contribution in [2.45, 2.75) is 0 Å². The molecule has 0 amide bonds. The zero-order valence-electron chi connectivity index (χ0n) is 12.2. The second-order valence-corrected chi connectivity index (χ2v) is 4.82. The highest BCUT2D eigenvalue weighted by molar-refractivity contribution is 6.11. The van der Waals surface area contributed by atoms with Gasteiger partial charge in [-0.1, -0.05) is 42.5 Å². The standard InChI is InChI=1S/C19H15NO2/c1-22-15-11-9-14(10-12-15)16-6-2-3-7-17(16)19(21)18-8-4-5-13-20-18/h2-13H,1H3. The van der Waals surface area contributed by atoms with Crippen LogP contribution in [-0.2, 0) is 0 Å². The van der Waals surface area contributed by atoms with Gasteiger partial charge in [0.05, 0.1) is 7.11 Å². The summed E-state index contributed by atoms with van der Waals surface area (Å²) in [5.41, 5.74) is 2.95. The second kappa shape index (κ2) is 6.22. The Morgan fingerprint density at radius 2 is 1.64 bits per heavy atom. The lowest BCUT2D eigenvalue weighted by Crippen LogP contribution is -2.05. The Balaban J connectivity index is 2.04. The molecule has 3 nitrogen and oxygen atoms in total. The minimum absolute atomic E-state index is 0.0768. The Morgan fingerprint density at radius 3 is 2.32 bits per heavy atom. The van der Waals surface area contributed by atoms with Crippen molar-refractivity contribution in [2.75, 3.05) is 7.11 Å². The molecular formula is C19H15NO2. The first-order valence-corrected chi connectivity index (χ1v) is 6.99. The summed E-state index contributed by atoms with van der Waals surface area (Å²) in [5.74, 6) is 0.712. The molecule has 3 rings (SSSR count). The topological polar surface area (TPSA) is 39.2 Å². The first-order valence-electron chi connectivity index (χ1n) is 6.99. The number of rotatable bonds is 4. The summed E-state index contributed by atoms with van der Waals surface area (Å²) in [6.07, 6.45) is 1.63. The summed E-state index contributed by atoms with van der Waals surface area (Å²) in [4.78, 5) is 16.8. The molecule has 0 spiro atoms. The zero-order chi connectivity index (χ0) is 15.4. The summed E-state index contributed by atoms with van der Waals surface area (Å²) in [5, 5.41) is 0. The summed E-state index contributed by atoms with van der Waals surface area (Å²) < 4.78 is 5.18. The van der Waals surface area contributed by atoms with E-state index in [1.165, 1.54) is 0 Å². The van der Waals surface area contributed by atoms with Gasteiger partial charge in [-0.2, -0.15) is 0 Å². The molecule has 0 unspecified atom stereocenters. The number of hydrogen-bond acceptors (Lipinski definition) is 3. The summed E-state index contributed by atoms with van der Waals surface area (Å²) >= 11 is 0. The van der Waals surface area contributed by atoms with Crippen LogP contribution in [0, 0.1) is 0 Å². The quantitative estimate of drug-likeness (QED) is 0.682. The van der Waals surface area contributed by atoms with Gasteiger partial charge in [-0.25, -0.2) is 0 Å². The van der Waals surface area contributed by atoms with E-state index >= 15 is 0 Å². The number of carbonyl (C=O) groups excluding carboxylic acids is 1. The molecule has 0 aliphatic rings. The summed E-state index contributed by atoms with van der Waals surface area (Å²) in [6, 6.07) is 20.6. The zero-order valence-corrected chi connectivity index (χ0v) is 12.2. The molecule has 3 heteroatoms. The van der Waals surface area contributed by atoms with Gasteiger partial charge in [0.1, 0.15) is 11.4 Å². The number of hydrogen-bond donors (Lipinski definition) is 0. The second-order valence-electron chi connectivity index (χ2n) is 4.82. The number of ether oxygens (including phenoxy) is 1. The number of methoxy groups -OCH3 is 1. The minimum Gasteiger partial charge on any atom is -0.497 e. The molecule has 1 aromatic heterocycles.